The van der Waals surface area contributed by atoms with Crippen molar-refractivity contribution in [3.8, 4) is 11.3 Å². The Labute approximate surface area is 90.4 Å². The van der Waals surface area contributed by atoms with Gasteiger partial charge >= 0.3 is 0 Å². The van der Waals surface area contributed by atoms with E-state index < -0.39 is 0 Å². The molecule has 1 heteroatoms. The van der Waals surface area contributed by atoms with Crippen LogP contribution in [-0.4, -0.2) is 4.57 Å². The summed E-state index contributed by atoms with van der Waals surface area (Å²) in [6, 6.07) is 15.9. The van der Waals surface area contributed by atoms with Gasteiger partial charge in [-0.05, 0) is 37.5 Å². The summed E-state index contributed by atoms with van der Waals surface area (Å²) in [5.41, 5.74) is 4.09. The third-order valence-electron chi connectivity index (χ3n) is 3.10. The van der Waals surface area contributed by atoms with Crippen LogP contribution in [0, 0.1) is 6.92 Å². The molecule has 1 heterocycles. The lowest BCUT2D eigenvalue weighted by atomic mass is 10.1. The lowest BCUT2D eigenvalue weighted by molar-refractivity contribution is 0.730. The lowest BCUT2D eigenvalue weighted by Gasteiger charge is -2.10. The molecule has 1 fully saturated rings. The summed E-state index contributed by atoms with van der Waals surface area (Å²) in [6.45, 7) is 2.20. The Morgan fingerprint density at radius 1 is 1.00 bits per heavy atom. The quantitative estimate of drug-likeness (QED) is 0.690. The topological polar surface area (TPSA) is 4.93 Å². The average Bonchev–Trinajstić information content (AvgIpc) is 3.03. The molecule has 0 N–H and O–H groups in total. The Bertz CT molecular complexity index is 463. The Kier molecular flexibility index (Phi) is 1.91. The molecule has 1 aromatic heterocycles. The molecule has 2 aromatic rings. The van der Waals surface area contributed by atoms with Crippen LogP contribution in [0.25, 0.3) is 11.3 Å². The number of rotatable bonds is 2. The van der Waals surface area contributed by atoms with Gasteiger partial charge in [-0.3, -0.25) is 0 Å². The van der Waals surface area contributed by atoms with Crippen LogP contribution in [0.4, 0.5) is 0 Å². The molecular weight excluding hydrogens is 182 g/mol. The highest BCUT2D eigenvalue weighted by molar-refractivity contribution is 5.61. The van der Waals surface area contributed by atoms with Gasteiger partial charge in [0.2, 0.25) is 0 Å². The van der Waals surface area contributed by atoms with Gasteiger partial charge in [-0.15, -0.1) is 0 Å². The Hall–Kier alpha value is -1.50. The van der Waals surface area contributed by atoms with Crippen LogP contribution in [0.1, 0.15) is 24.6 Å². The van der Waals surface area contributed by atoms with Crippen molar-refractivity contribution in [1.29, 1.82) is 0 Å². The summed E-state index contributed by atoms with van der Waals surface area (Å²) < 4.78 is 2.48. The van der Waals surface area contributed by atoms with Crippen molar-refractivity contribution in [2.45, 2.75) is 25.8 Å². The largest absolute Gasteiger partial charge is 0.342 e. The fraction of sp³-hybridized carbons (Fsp3) is 0.286. The molecule has 0 aliphatic heterocycles. The van der Waals surface area contributed by atoms with Gasteiger partial charge in [-0.2, -0.15) is 0 Å². The Morgan fingerprint density at radius 3 is 2.40 bits per heavy atom. The first-order valence-electron chi connectivity index (χ1n) is 5.59. The molecule has 1 aliphatic rings. The van der Waals surface area contributed by atoms with E-state index in [4.69, 9.17) is 0 Å². The first kappa shape index (κ1) is 8.78. The Morgan fingerprint density at radius 2 is 1.73 bits per heavy atom. The van der Waals surface area contributed by atoms with Crippen molar-refractivity contribution in [2.75, 3.05) is 0 Å². The summed E-state index contributed by atoms with van der Waals surface area (Å²) in [6.07, 6.45) is 2.69. The second-order valence-electron chi connectivity index (χ2n) is 4.33. The zero-order valence-electron chi connectivity index (χ0n) is 8.98. The maximum absolute atomic E-state index is 2.48. The van der Waals surface area contributed by atoms with E-state index in [0.29, 0.717) is 0 Å². The Balaban J connectivity index is 2.12. The number of benzene rings is 1. The second kappa shape index (κ2) is 3.27. The van der Waals surface area contributed by atoms with E-state index in [0.717, 1.165) is 6.04 Å². The summed E-state index contributed by atoms with van der Waals surface area (Å²) in [5.74, 6) is 0. The number of hydrogen-bond acceptors (Lipinski definition) is 0. The van der Waals surface area contributed by atoms with Gasteiger partial charge < -0.3 is 4.57 Å². The van der Waals surface area contributed by atoms with Crippen LogP contribution < -0.4 is 0 Å². The SMILES string of the molecule is Cc1ccc(-c2ccccc2)n1C1CC1. The molecule has 0 saturated heterocycles. The standard InChI is InChI=1S/C14H15N/c1-11-7-10-14(15(11)13-8-9-13)12-5-3-2-4-6-12/h2-7,10,13H,8-9H2,1H3. The third kappa shape index (κ3) is 1.48. The molecule has 1 nitrogen and oxygen atoms in total. The molecule has 0 radical (unpaired) electrons. The predicted molar refractivity (Wildman–Crippen MR) is 62.9 cm³/mol. The molecule has 0 amide bonds. The van der Waals surface area contributed by atoms with Crippen LogP contribution in [0.15, 0.2) is 42.5 Å². The second-order valence-corrected chi connectivity index (χ2v) is 4.33. The van der Waals surface area contributed by atoms with Gasteiger partial charge in [0.15, 0.2) is 0 Å². The van der Waals surface area contributed by atoms with Gasteiger partial charge in [-0.1, -0.05) is 30.3 Å². The molecule has 0 unspecified atom stereocenters. The van der Waals surface area contributed by atoms with E-state index >= 15 is 0 Å². The summed E-state index contributed by atoms with van der Waals surface area (Å²) in [7, 11) is 0. The fourth-order valence-corrected chi connectivity index (χ4v) is 2.21. The van der Waals surface area contributed by atoms with Gasteiger partial charge in [0.1, 0.15) is 0 Å². The van der Waals surface area contributed by atoms with Crippen molar-refractivity contribution in [2.24, 2.45) is 0 Å². The van der Waals surface area contributed by atoms with Gasteiger partial charge in [0.05, 0.1) is 0 Å². The first-order valence-corrected chi connectivity index (χ1v) is 5.59. The minimum Gasteiger partial charge on any atom is -0.342 e. The molecule has 0 bridgehead atoms. The normalized spacial score (nSPS) is 15.5. The molecule has 3 rings (SSSR count). The lowest BCUT2D eigenvalue weighted by Crippen LogP contribution is -1.98. The van der Waals surface area contributed by atoms with Crippen LogP contribution in [-0.2, 0) is 0 Å². The first-order chi connectivity index (χ1) is 7.36. The van der Waals surface area contributed by atoms with Crippen molar-refractivity contribution in [1.82, 2.24) is 4.57 Å². The molecule has 76 valence electrons. The number of aromatic nitrogens is 1. The average molecular weight is 197 g/mol. The highest BCUT2D eigenvalue weighted by Gasteiger charge is 2.26. The number of nitrogens with zero attached hydrogens (tertiary/aromatic N) is 1. The summed E-state index contributed by atoms with van der Waals surface area (Å²) in [5, 5.41) is 0. The van der Waals surface area contributed by atoms with Crippen LogP contribution >= 0.6 is 0 Å². The van der Waals surface area contributed by atoms with E-state index in [1.807, 2.05) is 0 Å². The van der Waals surface area contributed by atoms with Crippen LogP contribution in [0.3, 0.4) is 0 Å². The van der Waals surface area contributed by atoms with Crippen molar-refractivity contribution < 1.29 is 0 Å². The minimum atomic E-state index is 0.759. The van der Waals surface area contributed by atoms with Crippen molar-refractivity contribution >= 4 is 0 Å². The molecule has 1 aliphatic carbocycles. The van der Waals surface area contributed by atoms with Gasteiger partial charge in [0, 0.05) is 17.4 Å². The van der Waals surface area contributed by atoms with Gasteiger partial charge in [0.25, 0.3) is 0 Å². The fourth-order valence-electron chi connectivity index (χ4n) is 2.21. The molecule has 1 aromatic carbocycles. The smallest absolute Gasteiger partial charge is 0.0484 e. The van der Waals surface area contributed by atoms with Gasteiger partial charge in [-0.25, -0.2) is 0 Å². The zero-order valence-corrected chi connectivity index (χ0v) is 8.98. The van der Waals surface area contributed by atoms with E-state index in [1.165, 1.54) is 29.8 Å². The van der Waals surface area contributed by atoms with Crippen LogP contribution in [0.5, 0.6) is 0 Å². The highest BCUT2D eigenvalue weighted by atomic mass is 15.1. The maximum Gasteiger partial charge on any atom is 0.0484 e. The summed E-state index contributed by atoms with van der Waals surface area (Å²) in [4.78, 5) is 0. The molecule has 0 atom stereocenters. The minimum absolute atomic E-state index is 0.759. The molecule has 0 spiro atoms. The van der Waals surface area contributed by atoms with Crippen LogP contribution in [0.2, 0.25) is 0 Å². The molecule has 1 saturated carbocycles. The number of hydrogen-bond donors (Lipinski definition) is 0. The zero-order chi connectivity index (χ0) is 10.3. The molecule has 15 heavy (non-hydrogen) atoms. The maximum atomic E-state index is 2.48. The predicted octanol–water partition coefficient (Wildman–Crippen LogP) is 3.80. The van der Waals surface area contributed by atoms with Crippen molar-refractivity contribution in [3.05, 3.63) is 48.2 Å². The molecular formula is C14H15N. The monoisotopic (exact) mass is 197 g/mol. The highest BCUT2D eigenvalue weighted by Crippen LogP contribution is 2.40. The summed E-state index contributed by atoms with van der Waals surface area (Å²) >= 11 is 0. The number of aryl methyl sites for hydroxylation is 1. The third-order valence-corrected chi connectivity index (χ3v) is 3.10. The van der Waals surface area contributed by atoms with Crippen molar-refractivity contribution in [3.63, 3.8) is 0 Å². The van der Waals surface area contributed by atoms with E-state index in [-0.39, 0.29) is 0 Å². The van der Waals surface area contributed by atoms with E-state index in [1.54, 1.807) is 0 Å². The van der Waals surface area contributed by atoms with E-state index in [9.17, 15) is 0 Å². The van der Waals surface area contributed by atoms with E-state index in [2.05, 4.69) is 54.0 Å².